The summed E-state index contributed by atoms with van der Waals surface area (Å²) in [6, 6.07) is -7.95. The van der Waals surface area contributed by atoms with E-state index in [0.29, 0.717) is 12.8 Å². The van der Waals surface area contributed by atoms with Crippen molar-refractivity contribution in [1.29, 1.82) is 32.5 Å². The van der Waals surface area contributed by atoms with E-state index in [4.69, 9.17) is 66.9 Å². The molecule has 0 bridgehead atoms. The highest BCUT2D eigenvalue weighted by molar-refractivity contribution is 7.81. The van der Waals surface area contributed by atoms with Crippen LogP contribution in [0.4, 0.5) is 0 Å². The highest BCUT2D eigenvalue weighted by Gasteiger charge is 2.33. The SMILES string of the molecule is CC(=O)N[C@@H](CCCNC(=N)N)C(=O)N[C@@H](CCCNC(=N)N)C(=O)N[C@@H](CCCNC(=N)N)C(=O)N[C@@H](CCCNC(=N)N)C(=O)N[C@@H](CCCNC(=N)N)C(=O)N[C@@H](CCCCNC(=N)N)C(=O)NCC(=O)CS. The zero-order chi connectivity index (χ0) is 57.6. The van der Waals surface area contributed by atoms with E-state index in [1.165, 1.54) is 6.92 Å². The van der Waals surface area contributed by atoms with Gasteiger partial charge in [0.25, 0.3) is 0 Å². The number of carbonyl (C=O) groups is 8. The minimum absolute atomic E-state index is 0.0608. The number of hydrogen-bond donors (Lipinski definition) is 26. The van der Waals surface area contributed by atoms with Gasteiger partial charge in [0.15, 0.2) is 41.5 Å². The Labute approximate surface area is 446 Å². The molecule has 0 spiro atoms. The van der Waals surface area contributed by atoms with Gasteiger partial charge in [0.1, 0.15) is 36.3 Å². The predicted octanol–water partition coefficient (Wildman–Crippen LogP) is -7.50. The molecule has 33 nitrogen and oxygen atoms in total. The van der Waals surface area contributed by atoms with Crippen LogP contribution in [0, 0.1) is 32.5 Å². The Hall–Kier alpha value is -8.07. The molecule has 430 valence electrons. The lowest BCUT2D eigenvalue weighted by Gasteiger charge is -2.28. The highest BCUT2D eigenvalue weighted by atomic mass is 32.1. The van der Waals surface area contributed by atoms with Crippen molar-refractivity contribution in [1.82, 2.24) is 69.1 Å². The van der Waals surface area contributed by atoms with Gasteiger partial charge in [0.2, 0.25) is 41.4 Å². The molecule has 0 aliphatic rings. The van der Waals surface area contributed by atoms with Gasteiger partial charge in [-0.3, -0.25) is 70.8 Å². The second kappa shape index (κ2) is 39.4. The average Bonchev–Trinajstić information content (AvgIpc) is 3.33. The number of carbonyl (C=O) groups excluding carboxylic acids is 8. The second-order valence-electron chi connectivity index (χ2n) is 17.2. The first-order valence-electron chi connectivity index (χ1n) is 24.5. The number of ketones is 1. The summed E-state index contributed by atoms with van der Waals surface area (Å²) < 4.78 is 0. The summed E-state index contributed by atoms with van der Waals surface area (Å²) in [5.74, 6) is -8.07. The van der Waals surface area contributed by atoms with Crippen LogP contribution in [0.25, 0.3) is 0 Å². The monoisotopic (exact) mass is 1100 g/mol. The van der Waals surface area contributed by atoms with E-state index in [1.54, 1.807) is 0 Å². The third-order valence-electron chi connectivity index (χ3n) is 10.7. The lowest BCUT2D eigenvalue weighted by Crippen LogP contribution is -2.60. The van der Waals surface area contributed by atoms with E-state index in [9.17, 15) is 38.4 Å². The van der Waals surface area contributed by atoms with Gasteiger partial charge < -0.3 is 104 Å². The van der Waals surface area contributed by atoms with Crippen LogP contribution in [0.5, 0.6) is 0 Å². The first kappa shape index (κ1) is 67.9. The molecule has 0 saturated heterocycles. The quantitative estimate of drug-likeness (QED) is 0.0117. The Balaban J connectivity index is 7.07. The summed E-state index contributed by atoms with van der Waals surface area (Å²) >= 11 is 3.93. The fourth-order valence-corrected chi connectivity index (χ4v) is 7.04. The lowest BCUT2D eigenvalue weighted by atomic mass is 10.0. The Morgan fingerprint density at radius 3 is 0.803 bits per heavy atom. The van der Waals surface area contributed by atoms with Crippen LogP contribution in [-0.4, -0.2) is 171 Å². The molecule has 0 saturated carbocycles. The number of nitrogens with two attached hydrogens (primary N) is 6. The van der Waals surface area contributed by atoms with Crippen molar-refractivity contribution < 1.29 is 38.4 Å². The molecule has 0 radical (unpaired) electrons. The largest absolute Gasteiger partial charge is 0.370 e. The Morgan fingerprint density at radius 2 is 0.566 bits per heavy atom. The summed E-state index contributed by atoms with van der Waals surface area (Å²) in [5.41, 5.74) is 32.5. The van der Waals surface area contributed by atoms with Gasteiger partial charge >= 0.3 is 0 Å². The molecular weight excluding hydrogens is 1010 g/mol. The van der Waals surface area contributed by atoms with Crippen LogP contribution < -0.4 is 104 Å². The van der Waals surface area contributed by atoms with Crippen molar-refractivity contribution >= 4 is 95.5 Å². The van der Waals surface area contributed by atoms with Crippen molar-refractivity contribution in [2.45, 2.75) is 127 Å². The molecule has 0 fully saturated rings. The molecular formula is C42H83N25O8S. The summed E-state index contributed by atoms with van der Waals surface area (Å²) in [6.07, 6.45) is 1.32. The van der Waals surface area contributed by atoms with Crippen molar-refractivity contribution in [3.8, 4) is 0 Å². The first-order chi connectivity index (χ1) is 35.9. The van der Waals surface area contributed by atoms with Crippen molar-refractivity contribution in [3.05, 3.63) is 0 Å². The third kappa shape index (κ3) is 34.4. The van der Waals surface area contributed by atoms with Crippen LogP contribution in [0.2, 0.25) is 0 Å². The Kier molecular flexibility index (Phi) is 35.2. The highest BCUT2D eigenvalue weighted by Crippen LogP contribution is 2.09. The van der Waals surface area contributed by atoms with E-state index < -0.39 is 83.4 Å². The third-order valence-corrected chi connectivity index (χ3v) is 11.0. The first-order valence-corrected chi connectivity index (χ1v) is 25.2. The lowest BCUT2D eigenvalue weighted by molar-refractivity contribution is -0.135. The maximum absolute atomic E-state index is 14.4. The maximum atomic E-state index is 14.4. The summed E-state index contributed by atoms with van der Waals surface area (Å²) in [4.78, 5) is 108. The zero-order valence-corrected chi connectivity index (χ0v) is 43.9. The number of nitrogens with one attached hydrogen (secondary N) is 19. The van der Waals surface area contributed by atoms with E-state index in [2.05, 4.69) is 81.7 Å². The molecule has 0 aliphatic carbocycles. The average molecular weight is 1100 g/mol. The van der Waals surface area contributed by atoms with Crippen molar-refractivity contribution in [2.75, 3.05) is 51.6 Å². The van der Waals surface area contributed by atoms with Gasteiger partial charge in [-0.05, 0) is 83.5 Å². The number of rotatable bonds is 40. The topological polar surface area (TPSA) is 592 Å². The molecule has 0 aromatic carbocycles. The number of amides is 7. The standard InChI is InChI=1S/C42H83N25O8S/c1-23(68)62-26(10-4-16-56-38(45)46)32(71)64-28(12-6-18-58-40(49)50)34(73)66-30(14-8-20-60-42(53)54)36(75)67-29(13-7-19-59-41(51)52)35(74)65-27(11-5-17-57-39(47)48)33(72)63-25(9-2-3-15-55-37(43)44)31(70)61-21-24(69)22-76/h25-30,76H,2-22H2,1H3,(H,61,70)(H,62,68)(H,63,72)(H,64,71)(H,65,74)(H,66,73)(H,67,75)(H4,43,44,55)(H4,45,46,56)(H4,47,48,57)(H4,49,50,58)(H4,51,52,59)(H4,53,54,60)/t25-,26-,27-,28-,29-,30-/m0/s1. The van der Waals surface area contributed by atoms with Gasteiger partial charge in [-0.1, -0.05) is 0 Å². The molecule has 0 rings (SSSR count). The minimum Gasteiger partial charge on any atom is -0.370 e. The summed E-state index contributed by atoms with van der Waals surface area (Å²) in [6.45, 7) is 1.62. The van der Waals surface area contributed by atoms with E-state index in [1.807, 2.05) is 0 Å². The molecule has 6 atom stereocenters. The molecule has 0 heterocycles. The van der Waals surface area contributed by atoms with Crippen LogP contribution in [-0.2, 0) is 38.4 Å². The van der Waals surface area contributed by atoms with E-state index in [-0.39, 0.29) is 158 Å². The predicted molar refractivity (Wildman–Crippen MR) is 289 cm³/mol. The number of guanidine groups is 6. The van der Waals surface area contributed by atoms with Gasteiger partial charge in [0.05, 0.1) is 12.3 Å². The molecule has 7 amide bonds. The number of unbranched alkanes of at least 4 members (excludes halogenated alkanes) is 1. The number of hydrogen-bond acceptors (Lipinski definition) is 15. The normalized spacial score (nSPS) is 12.9. The summed E-state index contributed by atoms with van der Waals surface area (Å²) in [7, 11) is 0. The minimum atomic E-state index is -1.44. The van der Waals surface area contributed by atoms with Crippen molar-refractivity contribution in [2.24, 2.45) is 34.4 Å². The maximum Gasteiger partial charge on any atom is 0.243 e. The van der Waals surface area contributed by atoms with Crippen LogP contribution in [0.1, 0.15) is 90.4 Å². The van der Waals surface area contributed by atoms with Gasteiger partial charge in [-0.15, -0.1) is 0 Å². The smallest absolute Gasteiger partial charge is 0.243 e. The zero-order valence-electron chi connectivity index (χ0n) is 43.0. The van der Waals surface area contributed by atoms with Crippen LogP contribution in [0.15, 0.2) is 0 Å². The van der Waals surface area contributed by atoms with E-state index >= 15 is 0 Å². The Bertz CT molecular complexity index is 1980. The fraction of sp³-hybridized carbons (Fsp3) is 0.667. The molecule has 0 aliphatic heterocycles. The van der Waals surface area contributed by atoms with Crippen molar-refractivity contribution in [3.63, 3.8) is 0 Å². The number of Topliss-reactive ketones (excluding diaryl/α,β-unsaturated/α-hetero) is 1. The van der Waals surface area contributed by atoms with E-state index in [0.717, 1.165) is 0 Å². The van der Waals surface area contributed by atoms with Crippen LogP contribution >= 0.6 is 12.6 Å². The van der Waals surface area contributed by atoms with Gasteiger partial charge in [-0.25, -0.2) is 0 Å². The number of thiol groups is 1. The van der Waals surface area contributed by atoms with Crippen LogP contribution in [0.3, 0.4) is 0 Å². The second-order valence-corrected chi connectivity index (χ2v) is 17.5. The summed E-state index contributed by atoms with van der Waals surface area (Å²) in [5, 5.41) is 78.8. The molecule has 0 unspecified atom stereocenters. The Morgan fingerprint density at radius 1 is 0.342 bits per heavy atom. The molecule has 0 aromatic rings. The molecule has 31 N–H and O–H groups in total. The molecule has 0 aromatic heterocycles. The van der Waals surface area contributed by atoms with Gasteiger partial charge in [-0.2, -0.15) is 12.6 Å². The fourth-order valence-electron chi connectivity index (χ4n) is 6.93. The molecule has 34 heteroatoms. The van der Waals surface area contributed by atoms with Gasteiger partial charge in [0, 0.05) is 46.2 Å². The molecule has 76 heavy (non-hydrogen) atoms.